The normalized spacial score (nSPS) is 14.8. The van der Waals surface area contributed by atoms with E-state index < -0.39 is 124 Å². The minimum absolute atomic E-state index is 0.0705. The third-order valence-electron chi connectivity index (χ3n) is 16.6. The van der Waals surface area contributed by atoms with Gasteiger partial charge in [-0.2, -0.15) is 0 Å². The molecule has 0 heterocycles. The lowest BCUT2D eigenvalue weighted by atomic mass is 9.96. The molecule has 0 aromatic rings. The molecule has 27 heteroatoms. The molecule has 0 aliphatic heterocycles. The van der Waals surface area contributed by atoms with Gasteiger partial charge in [0.1, 0.15) is 58.9 Å². The predicted octanol–water partition coefficient (Wildman–Crippen LogP) is 2.60. The van der Waals surface area contributed by atoms with Crippen LogP contribution in [0, 0.1) is 23.7 Å². The zero-order chi connectivity index (χ0) is 72.6. The number of amides is 11. The van der Waals surface area contributed by atoms with Crippen LogP contribution in [0.4, 0.5) is 0 Å². The van der Waals surface area contributed by atoms with Crippen LogP contribution in [0.3, 0.4) is 0 Å². The van der Waals surface area contributed by atoms with Crippen LogP contribution in [0.5, 0.6) is 0 Å². The van der Waals surface area contributed by atoms with E-state index in [0.717, 1.165) is 25.7 Å². The Balaban J connectivity index is 6.79. The smallest absolute Gasteiger partial charge is 0.245 e. The molecule has 95 heavy (non-hydrogen) atoms. The van der Waals surface area contributed by atoms with Crippen molar-refractivity contribution in [3.8, 4) is 0 Å². The van der Waals surface area contributed by atoms with Gasteiger partial charge in [0.15, 0.2) is 0 Å². The van der Waals surface area contributed by atoms with Crippen LogP contribution in [0.1, 0.15) is 245 Å². The molecule has 0 aromatic carbocycles. The van der Waals surface area contributed by atoms with Crippen molar-refractivity contribution in [2.75, 3.05) is 32.8 Å². The van der Waals surface area contributed by atoms with Crippen LogP contribution >= 0.6 is 0 Å². The Morgan fingerprint density at radius 2 is 0.684 bits per heavy atom. The number of nitrogens with two attached hydrogens (primary N) is 4. The number of unbranched alkanes of at least 4 members (excludes halogenated alkanes) is 8. The van der Waals surface area contributed by atoms with E-state index >= 15 is 0 Å². The van der Waals surface area contributed by atoms with Gasteiger partial charge in [0.2, 0.25) is 65.0 Å². The van der Waals surface area contributed by atoms with Crippen LogP contribution in [0.15, 0.2) is 0 Å². The maximum absolute atomic E-state index is 14.5. The molecular weight excluding hydrogens is 1220 g/mol. The summed E-state index contributed by atoms with van der Waals surface area (Å²) in [6.07, 6.45) is 10.4. The van der Waals surface area contributed by atoms with Crippen molar-refractivity contribution >= 4 is 65.0 Å². The molecule has 20 N–H and O–H groups in total. The molecule has 0 radical (unpaired) electrons. The molecule has 0 aliphatic rings. The van der Waals surface area contributed by atoms with Crippen molar-refractivity contribution in [1.29, 1.82) is 0 Å². The number of rotatable bonds is 52. The highest BCUT2D eigenvalue weighted by Gasteiger charge is 2.41. The fourth-order valence-electron chi connectivity index (χ4n) is 10.5. The molecule has 0 spiro atoms. The molecule has 0 aliphatic carbocycles. The van der Waals surface area contributed by atoms with E-state index in [1.54, 1.807) is 13.8 Å². The zero-order valence-corrected chi connectivity index (χ0v) is 60.8. The van der Waals surface area contributed by atoms with Gasteiger partial charge in [-0.05, 0) is 194 Å². The highest BCUT2D eigenvalue weighted by atomic mass is 16.3. The largest absolute Gasteiger partial charge is 0.394 e. The lowest BCUT2D eigenvalue weighted by molar-refractivity contribution is -0.138. The molecule has 27 nitrogen and oxygen atoms in total. The molecule has 0 fully saturated rings. The number of hydrogen-bond acceptors (Lipinski definition) is 16. The minimum atomic E-state index is -1.71. The third kappa shape index (κ3) is 36.2. The summed E-state index contributed by atoms with van der Waals surface area (Å²) in [7, 11) is 0. The quantitative estimate of drug-likeness (QED) is 0.0389. The maximum atomic E-state index is 14.5. The van der Waals surface area contributed by atoms with E-state index in [-0.39, 0.29) is 94.2 Å². The van der Waals surface area contributed by atoms with Gasteiger partial charge in [0.05, 0.1) is 12.6 Å². The number of aliphatic hydroxyl groups is 1. The molecule has 550 valence electrons. The summed E-state index contributed by atoms with van der Waals surface area (Å²) in [6, 6.07) is -8.75. The fourth-order valence-corrected chi connectivity index (χ4v) is 10.5. The summed E-state index contributed by atoms with van der Waals surface area (Å²) < 4.78 is 0. The molecule has 0 unspecified atom stereocenters. The second-order valence-electron chi connectivity index (χ2n) is 28.6. The molecule has 0 saturated heterocycles. The van der Waals surface area contributed by atoms with E-state index in [2.05, 4.69) is 65.4 Å². The predicted molar refractivity (Wildman–Crippen MR) is 372 cm³/mol. The summed E-state index contributed by atoms with van der Waals surface area (Å²) in [5, 5.41) is 40.7. The Labute approximate surface area is 568 Å². The average Bonchev–Trinajstić information content (AvgIpc) is 0.856. The number of carbonyl (C=O) groups is 11. The fraction of sp³-hybridized carbons (Fsp3) is 0.838. The van der Waals surface area contributed by atoms with Gasteiger partial charge in [0, 0.05) is 6.42 Å². The Bertz CT molecular complexity index is 2350. The summed E-state index contributed by atoms with van der Waals surface area (Å²) >= 11 is 0. The van der Waals surface area contributed by atoms with Crippen molar-refractivity contribution < 1.29 is 57.8 Å². The van der Waals surface area contributed by atoms with Crippen molar-refractivity contribution in [1.82, 2.24) is 58.5 Å². The van der Waals surface area contributed by atoms with Gasteiger partial charge in [-0.3, -0.25) is 52.7 Å². The molecule has 11 amide bonds. The first kappa shape index (κ1) is 89.0. The van der Waals surface area contributed by atoms with Gasteiger partial charge in [-0.25, -0.2) is 0 Å². The number of carbonyl (C=O) groups excluding carboxylic acids is 11. The van der Waals surface area contributed by atoms with Crippen LogP contribution < -0.4 is 81.4 Å². The standard InChI is InChI=1S/C68H131N15O12/c1-16-18-19-20-21-34-54(85)81-66(10,11)63(93)77-50(32-24-28-37-71)58(88)76-53(41-45(7)8)61(91)83-67(12,13)64(94)78-49(31-23-27-36-70)57(87)74-48(30-22-26-35-69)56(86)75-52(40-44(5)6)60(90)82-68(14,15)65(95)79-51(33-25-29-38-72)59(89)80-55(46(9)17-2)62(92)73-47(42-84)39-43(3)4/h43-53,55,84H,16-42,69-72H2,1-15H3,(H,73,92)(H,74,87)(H,75,86)(H,76,88)(H,77,93)(H,78,94)(H,79,95)(H,80,89)(H,81,85)(H,82,90)(H,83,91)/t46-,47-,48-,49-,50-,51-,52-,53-,55-/m0/s1. The van der Waals surface area contributed by atoms with E-state index in [1.165, 1.54) is 27.7 Å². The molecule has 9 atom stereocenters. The third-order valence-corrected chi connectivity index (χ3v) is 16.6. The minimum Gasteiger partial charge on any atom is -0.394 e. The van der Waals surface area contributed by atoms with Crippen molar-refractivity contribution in [3.05, 3.63) is 0 Å². The molecule has 0 aromatic heterocycles. The topological polar surface area (TPSA) is 444 Å². The lowest BCUT2D eigenvalue weighted by Crippen LogP contribution is -2.64. The summed E-state index contributed by atoms with van der Waals surface area (Å²) in [4.78, 5) is 155. The van der Waals surface area contributed by atoms with E-state index in [9.17, 15) is 57.8 Å². The number of aliphatic hydroxyl groups excluding tert-OH is 1. The molecule has 0 bridgehead atoms. The van der Waals surface area contributed by atoms with Crippen LogP contribution in [0.2, 0.25) is 0 Å². The van der Waals surface area contributed by atoms with Crippen LogP contribution in [0.25, 0.3) is 0 Å². The molecule has 0 saturated carbocycles. The zero-order valence-electron chi connectivity index (χ0n) is 60.8. The average molecular weight is 1350 g/mol. The van der Waals surface area contributed by atoms with E-state index in [4.69, 9.17) is 22.9 Å². The van der Waals surface area contributed by atoms with Crippen molar-refractivity contribution in [2.24, 2.45) is 46.6 Å². The van der Waals surface area contributed by atoms with Crippen LogP contribution in [-0.2, 0) is 52.7 Å². The second kappa shape index (κ2) is 47.0. The Hall–Kier alpha value is -6.03. The number of hydrogen-bond donors (Lipinski definition) is 16. The summed E-state index contributed by atoms with van der Waals surface area (Å²) in [5.74, 6) is -7.55. The number of nitrogens with one attached hydrogen (secondary N) is 11. The van der Waals surface area contributed by atoms with Gasteiger partial charge in [-0.15, -0.1) is 0 Å². The Morgan fingerprint density at radius 3 is 1.01 bits per heavy atom. The van der Waals surface area contributed by atoms with E-state index in [0.29, 0.717) is 83.7 Å². The van der Waals surface area contributed by atoms with E-state index in [1.807, 2.05) is 55.4 Å². The van der Waals surface area contributed by atoms with Gasteiger partial charge < -0.3 is 86.5 Å². The molecular formula is C68H131N15O12. The summed E-state index contributed by atoms with van der Waals surface area (Å²) in [5.41, 5.74) is 18.5. The summed E-state index contributed by atoms with van der Waals surface area (Å²) in [6.45, 7) is 26.9. The lowest BCUT2D eigenvalue weighted by Gasteiger charge is -2.32. The monoisotopic (exact) mass is 1350 g/mol. The van der Waals surface area contributed by atoms with Crippen LogP contribution in [-0.4, -0.2) is 168 Å². The highest BCUT2D eigenvalue weighted by molar-refractivity contribution is 6.00. The first-order chi connectivity index (χ1) is 44.5. The van der Waals surface area contributed by atoms with Gasteiger partial charge in [-0.1, -0.05) is 94.4 Å². The second-order valence-corrected chi connectivity index (χ2v) is 28.6. The van der Waals surface area contributed by atoms with Gasteiger partial charge in [0.25, 0.3) is 0 Å². The van der Waals surface area contributed by atoms with Crippen molar-refractivity contribution in [3.63, 3.8) is 0 Å². The maximum Gasteiger partial charge on any atom is 0.245 e. The Morgan fingerprint density at radius 1 is 0.358 bits per heavy atom. The van der Waals surface area contributed by atoms with Gasteiger partial charge >= 0.3 is 0 Å². The first-order valence-corrected chi connectivity index (χ1v) is 35.3. The first-order valence-electron chi connectivity index (χ1n) is 35.3. The highest BCUT2D eigenvalue weighted by Crippen LogP contribution is 2.18. The Kier molecular flexibility index (Phi) is 44.0. The molecule has 0 rings (SSSR count). The van der Waals surface area contributed by atoms with Crippen molar-refractivity contribution in [2.45, 2.75) is 310 Å². The SMILES string of the molecule is CCCCCCCC(=O)NC(C)(C)C(=O)N[C@@H](CCCCN)C(=O)N[C@@H](CC(C)C)C(=O)NC(C)(C)C(=O)N[C@@H](CCCCN)C(=O)N[C@@H](CCCCN)C(=O)N[C@@H](CC(C)C)C(=O)NC(C)(C)C(=O)N[C@@H](CCCCN)C(=O)N[C@H](C(=O)N[C@H](CO)CC(C)C)[C@@H](C)CC.